The zero-order valence-electron chi connectivity index (χ0n) is 10.1. The molecule has 0 radical (unpaired) electrons. The van der Waals surface area contributed by atoms with Gasteiger partial charge < -0.3 is 5.32 Å². The summed E-state index contributed by atoms with van der Waals surface area (Å²) in [5.74, 6) is 1.02. The molecule has 0 aromatic heterocycles. The average Bonchev–Trinajstić information content (AvgIpc) is 2.59. The predicted octanol–water partition coefficient (Wildman–Crippen LogP) is 4.29. The number of hydrogen-bond donors (Lipinski definition) is 1. The first-order chi connectivity index (χ1) is 7.95. The molecule has 88 valence electrons. The predicted molar refractivity (Wildman–Crippen MR) is 69.9 cm³/mol. The molecule has 0 aromatic rings. The van der Waals surface area contributed by atoms with Gasteiger partial charge in [0, 0.05) is 11.9 Å². The van der Waals surface area contributed by atoms with E-state index < -0.39 is 0 Å². The van der Waals surface area contributed by atoms with Gasteiger partial charge in [-0.2, -0.15) is 0 Å². The Morgan fingerprint density at radius 2 is 1.94 bits per heavy atom. The number of allylic oxidation sites excluding steroid dienone is 5. The Bertz CT molecular complexity index is 280. The molecule has 0 amide bonds. The highest BCUT2D eigenvalue weighted by Crippen LogP contribution is 2.28. The molecule has 1 nitrogen and oxygen atoms in total. The average molecular weight is 217 g/mol. The van der Waals surface area contributed by atoms with Crippen LogP contribution in [0.2, 0.25) is 0 Å². The summed E-state index contributed by atoms with van der Waals surface area (Å²) in [5.41, 5.74) is 1.36. The van der Waals surface area contributed by atoms with Crippen molar-refractivity contribution in [1.82, 2.24) is 5.32 Å². The van der Waals surface area contributed by atoms with E-state index in [1.165, 1.54) is 57.1 Å². The van der Waals surface area contributed by atoms with Gasteiger partial charge >= 0.3 is 0 Å². The molecule has 0 saturated heterocycles. The Labute approximate surface area is 99.3 Å². The molecule has 0 bridgehead atoms. The number of rotatable bonds is 4. The van der Waals surface area contributed by atoms with Crippen molar-refractivity contribution in [3.05, 3.63) is 36.2 Å². The van der Waals surface area contributed by atoms with E-state index in [0.29, 0.717) is 0 Å². The minimum absolute atomic E-state index is 1.02. The Balaban J connectivity index is 1.65. The molecule has 0 aromatic carbocycles. The van der Waals surface area contributed by atoms with E-state index in [9.17, 15) is 0 Å². The fraction of sp³-hybridized carbons (Fsp3) is 0.600. The van der Waals surface area contributed by atoms with E-state index in [-0.39, 0.29) is 0 Å². The fourth-order valence-electron chi connectivity index (χ4n) is 2.71. The van der Waals surface area contributed by atoms with Gasteiger partial charge in [-0.15, -0.1) is 0 Å². The van der Waals surface area contributed by atoms with Crippen LogP contribution in [0.5, 0.6) is 0 Å². The van der Waals surface area contributed by atoms with Gasteiger partial charge in [-0.05, 0) is 30.9 Å². The van der Waals surface area contributed by atoms with Crippen LogP contribution in [0.25, 0.3) is 0 Å². The minimum atomic E-state index is 1.02. The maximum absolute atomic E-state index is 3.34. The topological polar surface area (TPSA) is 12.0 Å². The SMILES string of the molecule is C1=CC=C(CCCC2CCCCC2)NC=C1. The fourth-order valence-corrected chi connectivity index (χ4v) is 2.71. The van der Waals surface area contributed by atoms with Gasteiger partial charge in [-0.1, -0.05) is 50.7 Å². The highest BCUT2D eigenvalue weighted by molar-refractivity contribution is 5.20. The minimum Gasteiger partial charge on any atom is -0.365 e. The van der Waals surface area contributed by atoms with Crippen LogP contribution in [0, 0.1) is 5.92 Å². The molecule has 0 unspecified atom stereocenters. The summed E-state index contributed by atoms with van der Waals surface area (Å²) >= 11 is 0. The summed E-state index contributed by atoms with van der Waals surface area (Å²) in [6, 6.07) is 0. The summed E-state index contributed by atoms with van der Waals surface area (Å²) in [7, 11) is 0. The van der Waals surface area contributed by atoms with E-state index in [0.717, 1.165) is 5.92 Å². The zero-order valence-corrected chi connectivity index (χ0v) is 10.1. The largest absolute Gasteiger partial charge is 0.365 e. The highest BCUT2D eigenvalue weighted by Gasteiger charge is 2.12. The molecular weight excluding hydrogens is 194 g/mol. The second-order valence-corrected chi connectivity index (χ2v) is 4.98. The molecule has 0 spiro atoms. The van der Waals surface area contributed by atoms with Crippen molar-refractivity contribution in [3.8, 4) is 0 Å². The van der Waals surface area contributed by atoms with Gasteiger partial charge in [0.15, 0.2) is 0 Å². The maximum Gasteiger partial charge on any atom is 0.0146 e. The van der Waals surface area contributed by atoms with E-state index >= 15 is 0 Å². The quantitative estimate of drug-likeness (QED) is 0.740. The lowest BCUT2D eigenvalue weighted by atomic mass is 9.85. The Kier molecular flexibility index (Phi) is 4.72. The van der Waals surface area contributed by atoms with Gasteiger partial charge in [0.1, 0.15) is 0 Å². The normalized spacial score (nSPS) is 21.4. The lowest BCUT2D eigenvalue weighted by Gasteiger charge is -2.21. The van der Waals surface area contributed by atoms with Gasteiger partial charge in [0.25, 0.3) is 0 Å². The molecule has 16 heavy (non-hydrogen) atoms. The van der Waals surface area contributed by atoms with Crippen LogP contribution in [0.4, 0.5) is 0 Å². The van der Waals surface area contributed by atoms with Crippen molar-refractivity contribution in [3.63, 3.8) is 0 Å². The lowest BCUT2D eigenvalue weighted by molar-refractivity contribution is 0.332. The van der Waals surface area contributed by atoms with Crippen molar-refractivity contribution in [2.45, 2.75) is 51.4 Å². The third-order valence-corrected chi connectivity index (χ3v) is 3.67. The monoisotopic (exact) mass is 217 g/mol. The van der Waals surface area contributed by atoms with Crippen LogP contribution >= 0.6 is 0 Å². The molecule has 1 saturated carbocycles. The summed E-state index contributed by atoms with van der Waals surface area (Å²) in [6.07, 6.45) is 21.8. The molecule has 1 heterocycles. The van der Waals surface area contributed by atoms with Crippen LogP contribution in [0.1, 0.15) is 51.4 Å². The third-order valence-electron chi connectivity index (χ3n) is 3.67. The highest BCUT2D eigenvalue weighted by atomic mass is 14.8. The van der Waals surface area contributed by atoms with Gasteiger partial charge in [-0.3, -0.25) is 0 Å². The first-order valence-corrected chi connectivity index (χ1v) is 6.74. The Morgan fingerprint density at radius 1 is 1.06 bits per heavy atom. The lowest BCUT2D eigenvalue weighted by Crippen LogP contribution is -2.08. The van der Waals surface area contributed by atoms with Crippen LogP contribution in [-0.4, -0.2) is 0 Å². The molecule has 1 fully saturated rings. The number of nitrogens with one attached hydrogen (secondary N) is 1. The van der Waals surface area contributed by atoms with Crippen molar-refractivity contribution < 1.29 is 0 Å². The molecule has 1 aliphatic heterocycles. The Hall–Kier alpha value is -0.980. The van der Waals surface area contributed by atoms with Crippen molar-refractivity contribution in [1.29, 1.82) is 0 Å². The Morgan fingerprint density at radius 3 is 2.81 bits per heavy atom. The van der Waals surface area contributed by atoms with Gasteiger partial charge in [-0.25, -0.2) is 0 Å². The summed E-state index contributed by atoms with van der Waals surface area (Å²) < 4.78 is 0. The molecule has 2 rings (SSSR count). The first-order valence-electron chi connectivity index (χ1n) is 6.74. The molecule has 1 N–H and O–H groups in total. The zero-order chi connectivity index (χ0) is 11.1. The van der Waals surface area contributed by atoms with Crippen LogP contribution < -0.4 is 5.32 Å². The summed E-state index contributed by atoms with van der Waals surface area (Å²) in [5, 5.41) is 3.34. The van der Waals surface area contributed by atoms with Crippen LogP contribution in [-0.2, 0) is 0 Å². The second kappa shape index (κ2) is 6.57. The molecule has 2 aliphatic rings. The van der Waals surface area contributed by atoms with Gasteiger partial charge in [0.2, 0.25) is 0 Å². The molecule has 1 aliphatic carbocycles. The van der Waals surface area contributed by atoms with Crippen LogP contribution in [0.15, 0.2) is 36.2 Å². The van der Waals surface area contributed by atoms with Crippen LogP contribution in [0.3, 0.4) is 0 Å². The van der Waals surface area contributed by atoms with Gasteiger partial charge in [0.05, 0.1) is 0 Å². The first kappa shape index (κ1) is 11.5. The molecule has 1 heteroatoms. The van der Waals surface area contributed by atoms with E-state index in [1.807, 2.05) is 12.3 Å². The maximum atomic E-state index is 3.34. The standard InChI is InChI=1S/C15H23N/c1-3-8-14(9-4-1)10-7-12-15-11-5-2-6-13-16-15/h2,5-6,11,13-14,16H,1,3-4,7-10,12H2. The summed E-state index contributed by atoms with van der Waals surface area (Å²) in [6.45, 7) is 0. The van der Waals surface area contributed by atoms with E-state index in [1.54, 1.807) is 0 Å². The molecular formula is C15H23N. The second-order valence-electron chi connectivity index (χ2n) is 4.98. The smallest absolute Gasteiger partial charge is 0.0146 e. The van der Waals surface area contributed by atoms with E-state index in [2.05, 4.69) is 23.5 Å². The molecule has 0 atom stereocenters. The summed E-state index contributed by atoms with van der Waals surface area (Å²) in [4.78, 5) is 0. The van der Waals surface area contributed by atoms with Crippen molar-refractivity contribution in [2.75, 3.05) is 0 Å². The number of hydrogen-bond acceptors (Lipinski definition) is 1. The van der Waals surface area contributed by atoms with Crippen molar-refractivity contribution >= 4 is 0 Å². The van der Waals surface area contributed by atoms with E-state index in [4.69, 9.17) is 0 Å². The third kappa shape index (κ3) is 3.88. The van der Waals surface area contributed by atoms with Crippen molar-refractivity contribution in [2.24, 2.45) is 5.92 Å².